The van der Waals surface area contributed by atoms with Crippen LogP contribution in [0.25, 0.3) is 0 Å². The third kappa shape index (κ3) is 6.71. The second kappa shape index (κ2) is 10.4. The Hall–Kier alpha value is -3.22. The maximum absolute atomic E-state index is 12.2. The molecule has 0 radical (unpaired) electrons. The molecule has 0 bridgehead atoms. The molecule has 9 heteroatoms. The van der Waals surface area contributed by atoms with Crippen molar-refractivity contribution in [1.82, 2.24) is 9.62 Å². The van der Waals surface area contributed by atoms with Crippen LogP contribution >= 0.6 is 0 Å². The van der Waals surface area contributed by atoms with Gasteiger partial charge in [0.25, 0.3) is 5.91 Å². The number of amides is 1. The lowest BCUT2D eigenvalue weighted by molar-refractivity contribution is -0.151. The fraction of sp³-hybridized carbons (Fsp3) is 0.250. The molecule has 2 aromatic rings. The number of esters is 1. The van der Waals surface area contributed by atoms with Crippen LogP contribution in [-0.4, -0.2) is 44.9 Å². The molecule has 0 saturated heterocycles. The number of rotatable bonds is 9. The van der Waals surface area contributed by atoms with Gasteiger partial charge in [-0.05, 0) is 36.8 Å². The highest BCUT2D eigenvalue weighted by Crippen LogP contribution is 2.10. The summed E-state index contributed by atoms with van der Waals surface area (Å²) in [5.41, 5.74) is 1.27. The average Bonchev–Trinajstić information content (AvgIpc) is 2.75. The molecule has 0 fully saturated rings. The Bertz CT molecular complexity index is 983. The standard InChI is InChI=1S/C20H21N3O5S/c1-2-23(14-17-6-4-3-5-7-17)19(24)15-28-20(25)13-22-29(26,27)18-10-8-16(12-21)9-11-18/h3-11,22H,2,13-15H2,1H3. The van der Waals surface area contributed by atoms with Gasteiger partial charge in [0, 0.05) is 13.1 Å². The van der Waals surface area contributed by atoms with E-state index >= 15 is 0 Å². The number of hydrogen-bond donors (Lipinski definition) is 1. The van der Waals surface area contributed by atoms with Gasteiger partial charge in [0.05, 0.1) is 16.5 Å². The van der Waals surface area contributed by atoms with E-state index in [1.54, 1.807) is 0 Å². The Kier molecular flexibility index (Phi) is 7.88. The van der Waals surface area contributed by atoms with Crippen LogP contribution in [0.1, 0.15) is 18.1 Å². The molecule has 1 N–H and O–H groups in total. The fourth-order valence-corrected chi connectivity index (χ4v) is 3.38. The summed E-state index contributed by atoms with van der Waals surface area (Å²) in [4.78, 5) is 25.5. The van der Waals surface area contributed by atoms with E-state index in [4.69, 9.17) is 10.00 Å². The summed E-state index contributed by atoms with van der Waals surface area (Å²) in [6, 6.07) is 16.5. The number of sulfonamides is 1. The number of benzene rings is 2. The number of carbonyl (C=O) groups is 2. The molecule has 29 heavy (non-hydrogen) atoms. The molecule has 0 aliphatic carbocycles. The van der Waals surface area contributed by atoms with E-state index in [-0.39, 0.29) is 10.8 Å². The van der Waals surface area contributed by atoms with Crippen molar-refractivity contribution in [3.8, 4) is 6.07 Å². The van der Waals surface area contributed by atoms with E-state index in [9.17, 15) is 18.0 Å². The molecular weight excluding hydrogens is 394 g/mol. The zero-order chi connectivity index (χ0) is 21.3. The van der Waals surface area contributed by atoms with Crippen molar-refractivity contribution in [3.63, 3.8) is 0 Å². The van der Waals surface area contributed by atoms with Gasteiger partial charge in [-0.25, -0.2) is 8.42 Å². The molecule has 0 saturated carbocycles. The zero-order valence-corrected chi connectivity index (χ0v) is 16.7. The summed E-state index contributed by atoms with van der Waals surface area (Å²) in [5, 5.41) is 8.74. The monoisotopic (exact) mass is 415 g/mol. The highest BCUT2D eigenvalue weighted by molar-refractivity contribution is 7.89. The molecule has 0 atom stereocenters. The molecule has 2 aromatic carbocycles. The van der Waals surface area contributed by atoms with Crippen molar-refractivity contribution >= 4 is 21.9 Å². The van der Waals surface area contributed by atoms with Gasteiger partial charge in [-0.1, -0.05) is 30.3 Å². The first kappa shape index (κ1) is 22.1. The van der Waals surface area contributed by atoms with Crippen LogP contribution < -0.4 is 4.72 Å². The molecule has 0 heterocycles. The highest BCUT2D eigenvalue weighted by Gasteiger charge is 2.18. The Morgan fingerprint density at radius 3 is 2.34 bits per heavy atom. The number of hydrogen-bond acceptors (Lipinski definition) is 6. The second-order valence-corrected chi connectivity index (χ2v) is 7.78. The lowest BCUT2D eigenvalue weighted by Gasteiger charge is -2.20. The number of nitriles is 1. The van der Waals surface area contributed by atoms with Crippen LogP contribution in [0.3, 0.4) is 0 Å². The zero-order valence-electron chi connectivity index (χ0n) is 15.9. The quantitative estimate of drug-likeness (QED) is 0.619. The van der Waals surface area contributed by atoms with Crippen molar-refractivity contribution in [2.45, 2.75) is 18.4 Å². The van der Waals surface area contributed by atoms with Gasteiger partial charge in [-0.3, -0.25) is 9.59 Å². The number of nitrogens with one attached hydrogen (secondary N) is 1. The van der Waals surface area contributed by atoms with Gasteiger partial charge < -0.3 is 9.64 Å². The molecule has 0 aromatic heterocycles. The number of ether oxygens (including phenoxy) is 1. The van der Waals surface area contributed by atoms with E-state index in [1.165, 1.54) is 29.2 Å². The first-order valence-electron chi connectivity index (χ1n) is 8.83. The number of likely N-dealkylation sites (N-methyl/N-ethyl adjacent to an activating group) is 1. The minimum absolute atomic E-state index is 0.0830. The van der Waals surface area contributed by atoms with Crippen molar-refractivity contribution in [1.29, 1.82) is 5.26 Å². The molecule has 0 aliphatic rings. The molecule has 2 rings (SSSR count). The smallest absolute Gasteiger partial charge is 0.321 e. The summed E-state index contributed by atoms with van der Waals surface area (Å²) in [6.45, 7) is 1.56. The summed E-state index contributed by atoms with van der Waals surface area (Å²) in [5.74, 6) is -1.24. The second-order valence-electron chi connectivity index (χ2n) is 6.01. The van der Waals surface area contributed by atoms with Crippen LogP contribution in [0, 0.1) is 11.3 Å². The van der Waals surface area contributed by atoms with Crippen molar-refractivity contribution in [3.05, 3.63) is 65.7 Å². The maximum Gasteiger partial charge on any atom is 0.321 e. The topological polar surface area (TPSA) is 117 Å². The van der Waals surface area contributed by atoms with Gasteiger partial charge in [0.15, 0.2) is 6.61 Å². The third-order valence-electron chi connectivity index (χ3n) is 4.01. The van der Waals surface area contributed by atoms with Gasteiger partial charge in [0.1, 0.15) is 6.54 Å². The molecule has 152 valence electrons. The Labute approximate surface area is 169 Å². The van der Waals surface area contributed by atoms with Crippen LogP contribution in [-0.2, 0) is 30.9 Å². The minimum Gasteiger partial charge on any atom is -0.455 e. The minimum atomic E-state index is -3.94. The number of carbonyl (C=O) groups excluding carboxylic acids is 2. The predicted molar refractivity (Wildman–Crippen MR) is 105 cm³/mol. The highest BCUT2D eigenvalue weighted by atomic mass is 32.2. The van der Waals surface area contributed by atoms with Gasteiger partial charge >= 0.3 is 5.97 Å². The normalized spacial score (nSPS) is 10.8. The first-order valence-corrected chi connectivity index (χ1v) is 10.3. The van der Waals surface area contributed by atoms with Crippen LogP contribution in [0.2, 0.25) is 0 Å². The predicted octanol–water partition coefficient (Wildman–Crippen LogP) is 1.43. The fourth-order valence-electron chi connectivity index (χ4n) is 2.41. The van der Waals surface area contributed by atoms with Crippen LogP contribution in [0.15, 0.2) is 59.5 Å². The van der Waals surface area contributed by atoms with E-state index in [0.717, 1.165) is 5.56 Å². The summed E-state index contributed by atoms with van der Waals surface area (Å²) >= 11 is 0. The first-order chi connectivity index (χ1) is 13.9. The Balaban J connectivity index is 1.83. The molecule has 0 aliphatic heterocycles. The van der Waals surface area contributed by atoms with Crippen molar-refractivity contribution < 1.29 is 22.7 Å². The lowest BCUT2D eigenvalue weighted by atomic mass is 10.2. The molecule has 0 spiro atoms. The van der Waals surface area contributed by atoms with Crippen molar-refractivity contribution in [2.24, 2.45) is 0 Å². The molecule has 1 amide bonds. The number of nitrogens with zero attached hydrogens (tertiary/aromatic N) is 2. The van der Waals surface area contributed by atoms with E-state index in [0.29, 0.717) is 18.7 Å². The summed E-state index contributed by atoms with van der Waals surface area (Å²) in [6.07, 6.45) is 0. The van der Waals surface area contributed by atoms with Crippen LogP contribution in [0.5, 0.6) is 0 Å². The van der Waals surface area contributed by atoms with Crippen LogP contribution in [0.4, 0.5) is 0 Å². The maximum atomic E-state index is 12.2. The third-order valence-corrected chi connectivity index (χ3v) is 5.42. The Morgan fingerprint density at radius 1 is 1.10 bits per heavy atom. The van der Waals surface area contributed by atoms with Gasteiger partial charge in [-0.2, -0.15) is 9.98 Å². The van der Waals surface area contributed by atoms with Gasteiger partial charge in [0.2, 0.25) is 10.0 Å². The largest absolute Gasteiger partial charge is 0.455 e. The molecule has 0 unspecified atom stereocenters. The van der Waals surface area contributed by atoms with Crippen molar-refractivity contribution in [2.75, 3.05) is 19.7 Å². The lowest BCUT2D eigenvalue weighted by Crippen LogP contribution is -2.36. The Morgan fingerprint density at radius 2 is 1.76 bits per heavy atom. The van der Waals surface area contributed by atoms with Gasteiger partial charge in [-0.15, -0.1) is 0 Å². The molecular formula is C20H21N3O5S. The average molecular weight is 415 g/mol. The van der Waals surface area contributed by atoms with E-state index in [1.807, 2.05) is 43.3 Å². The summed E-state index contributed by atoms with van der Waals surface area (Å²) in [7, 11) is -3.94. The van der Waals surface area contributed by atoms with E-state index < -0.39 is 29.1 Å². The summed E-state index contributed by atoms with van der Waals surface area (Å²) < 4.78 is 31.3. The SMILES string of the molecule is CCN(Cc1ccccc1)C(=O)COC(=O)CNS(=O)(=O)c1ccc(C#N)cc1. The molecule has 8 nitrogen and oxygen atoms in total. The van der Waals surface area contributed by atoms with E-state index in [2.05, 4.69) is 4.72 Å².